The largest absolute Gasteiger partial charge is 0.385 e. The van der Waals surface area contributed by atoms with Crippen molar-refractivity contribution in [2.75, 3.05) is 13.7 Å². The van der Waals surface area contributed by atoms with Gasteiger partial charge in [-0.3, -0.25) is 0 Å². The van der Waals surface area contributed by atoms with Gasteiger partial charge in [-0.1, -0.05) is 6.92 Å². The summed E-state index contributed by atoms with van der Waals surface area (Å²) in [6.07, 6.45) is 4.10. The van der Waals surface area contributed by atoms with Crippen molar-refractivity contribution in [3.63, 3.8) is 0 Å². The van der Waals surface area contributed by atoms with Crippen molar-refractivity contribution in [1.82, 2.24) is 10.3 Å². The lowest BCUT2D eigenvalue weighted by atomic mass is 10.2. The Morgan fingerprint density at radius 1 is 1.60 bits per heavy atom. The van der Waals surface area contributed by atoms with Crippen molar-refractivity contribution < 1.29 is 4.74 Å². The average Bonchev–Trinajstić information content (AvgIpc) is 2.71. The van der Waals surface area contributed by atoms with Gasteiger partial charge in [0.15, 0.2) is 0 Å². The highest BCUT2D eigenvalue weighted by Crippen LogP contribution is 2.13. The van der Waals surface area contributed by atoms with Gasteiger partial charge in [0.1, 0.15) is 5.01 Å². The lowest BCUT2D eigenvalue weighted by Crippen LogP contribution is -2.26. The topological polar surface area (TPSA) is 34.2 Å². The molecule has 1 unspecified atom stereocenters. The number of ether oxygens (including phenoxy) is 1. The van der Waals surface area contributed by atoms with Crippen LogP contribution in [0.1, 0.15) is 30.2 Å². The van der Waals surface area contributed by atoms with Crippen LogP contribution in [0, 0.1) is 0 Å². The van der Waals surface area contributed by atoms with Crippen LogP contribution >= 0.6 is 11.3 Å². The molecule has 4 heteroatoms. The van der Waals surface area contributed by atoms with Crippen molar-refractivity contribution in [2.45, 2.75) is 39.3 Å². The Kier molecular flexibility index (Phi) is 5.83. The Labute approximate surface area is 95.9 Å². The van der Waals surface area contributed by atoms with Crippen molar-refractivity contribution >= 4 is 11.3 Å². The van der Waals surface area contributed by atoms with Crippen LogP contribution in [0.3, 0.4) is 0 Å². The molecule has 1 N–H and O–H groups in total. The number of methoxy groups -OCH3 is 1. The lowest BCUT2D eigenvalue weighted by Gasteiger charge is -2.11. The highest BCUT2D eigenvalue weighted by molar-refractivity contribution is 7.11. The fourth-order valence-corrected chi connectivity index (χ4v) is 2.06. The minimum Gasteiger partial charge on any atom is -0.385 e. The summed E-state index contributed by atoms with van der Waals surface area (Å²) in [5, 5.41) is 4.62. The Morgan fingerprint density at radius 2 is 2.40 bits per heavy atom. The van der Waals surface area contributed by atoms with Crippen molar-refractivity contribution in [3.05, 3.63) is 16.1 Å². The zero-order chi connectivity index (χ0) is 11.1. The summed E-state index contributed by atoms with van der Waals surface area (Å²) in [6.45, 7) is 6.01. The summed E-state index contributed by atoms with van der Waals surface area (Å²) in [7, 11) is 1.74. The van der Waals surface area contributed by atoms with Crippen LogP contribution in [0.5, 0.6) is 0 Å². The summed E-state index contributed by atoms with van der Waals surface area (Å²) in [6, 6.07) is 0.485. The summed E-state index contributed by atoms with van der Waals surface area (Å²) in [5.74, 6) is 0. The molecule has 1 heterocycles. The first kappa shape index (κ1) is 12.6. The maximum atomic E-state index is 5.03. The maximum absolute atomic E-state index is 5.03. The van der Waals surface area contributed by atoms with E-state index < -0.39 is 0 Å². The molecule has 0 aliphatic heterocycles. The number of hydrogen-bond acceptors (Lipinski definition) is 4. The van der Waals surface area contributed by atoms with Gasteiger partial charge in [-0.2, -0.15) is 0 Å². The first-order chi connectivity index (χ1) is 7.26. The molecule has 0 aliphatic rings. The van der Waals surface area contributed by atoms with Gasteiger partial charge in [-0.25, -0.2) is 4.98 Å². The van der Waals surface area contributed by atoms with Gasteiger partial charge in [0.25, 0.3) is 0 Å². The van der Waals surface area contributed by atoms with Gasteiger partial charge in [0.05, 0.1) is 0 Å². The fraction of sp³-hybridized carbons (Fsp3) is 0.727. The van der Waals surface area contributed by atoms with Crippen molar-refractivity contribution in [3.8, 4) is 0 Å². The number of nitrogens with zero attached hydrogens (tertiary/aromatic N) is 1. The molecule has 0 aliphatic carbocycles. The summed E-state index contributed by atoms with van der Waals surface area (Å²) < 4.78 is 5.03. The zero-order valence-electron chi connectivity index (χ0n) is 9.75. The molecule has 3 nitrogen and oxygen atoms in total. The molecule has 0 bridgehead atoms. The minimum absolute atomic E-state index is 0.485. The van der Waals surface area contributed by atoms with Crippen LogP contribution in [0.4, 0.5) is 0 Å². The SMILES string of the molecule is CCc1cnc(CNC(C)CCOC)s1. The van der Waals surface area contributed by atoms with E-state index in [1.54, 1.807) is 18.4 Å². The second-order valence-electron chi connectivity index (χ2n) is 3.64. The highest BCUT2D eigenvalue weighted by Gasteiger charge is 2.03. The Morgan fingerprint density at radius 3 is 3.00 bits per heavy atom. The number of hydrogen-bond donors (Lipinski definition) is 1. The molecule has 15 heavy (non-hydrogen) atoms. The van der Waals surface area contributed by atoms with Gasteiger partial charge < -0.3 is 10.1 Å². The Bertz CT molecular complexity index is 275. The number of nitrogens with one attached hydrogen (secondary N) is 1. The zero-order valence-corrected chi connectivity index (χ0v) is 10.6. The standard InChI is InChI=1S/C11H20N2OS/c1-4-10-7-13-11(15-10)8-12-9(2)5-6-14-3/h7,9,12H,4-6,8H2,1-3H3. The molecule has 1 aromatic rings. The van der Waals surface area contributed by atoms with E-state index in [2.05, 4.69) is 24.1 Å². The van der Waals surface area contributed by atoms with E-state index in [0.29, 0.717) is 6.04 Å². The van der Waals surface area contributed by atoms with Crippen LogP contribution in [-0.4, -0.2) is 24.7 Å². The maximum Gasteiger partial charge on any atom is 0.107 e. The molecule has 1 aromatic heterocycles. The summed E-state index contributed by atoms with van der Waals surface area (Å²) >= 11 is 1.79. The number of thiazole rings is 1. The molecule has 0 fully saturated rings. The van der Waals surface area contributed by atoms with Crippen molar-refractivity contribution in [2.24, 2.45) is 0 Å². The molecule has 1 atom stereocenters. The molecular weight excluding hydrogens is 208 g/mol. The smallest absolute Gasteiger partial charge is 0.107 e. The molecule has 0 spiro atoms. The van der Waals surface area contributed by atoms with Gasteiger partial charge in [0.2, 0.25) is 0 Å². The van der Waals surface area contributed by atoms with Crippen LogP contribution in [0.15, 0.2) is 6.20 Å². The average molecular weight is 228 g/mol. The van der Waals surface area contributed by atoms with E-state index in [4.69, 9.17) is 4.74 Å². The van der Waals surface area contributed by atoms with E-state index in [9.17, 15) is 0 Å². The van der Waals surface area contributed by atoms with E-state index in [0.717, 1.165) is 26.0 Å². The summed E-state index contributed by atoms with van der Waals surface area (Å²) in [5.41, 5.74) is 0. The number of aromatic nitrogens is 1. The highest BCUT2D eigenvalue weighted by atomic mass is 32.1. The molecular formula is C11H20N2OS. The third kappa shape index (κ3) is 4.73. The predicted molar refractivity (Wildman–Crippen MR) is 64.3 cm³/mol. The van der Waals surface area contributed by atoms with Gasteiger partial charge >= 0.3 is 0 Å². The fourth-order valence-electron chi connectivity index (χ4n) is 1.25. The molecule has 0 saturated heterocycles. The van der Waals surface area contributed by atoms with Gasteiger partial charge in [0, 0.05) is 37.4 Å². The second kappa shape index (κ2) is 6.93. The molecule has 0 saturated carbocycles. The molecule has 0 amide bonds. The second-order valence-corrected chi connectivity index (χ2v) is 4.84. The van der Waals surface area contributed by atoms with Crippen LogP contribution in [-0.2, 0) is 17.7 Å². The minimum atomic E-state index is 0.485. The van der Waals surface area contributed by atoms with E-state index in [-0.39, 0.29) is 0 Å². The Hall–Kier alpha value is -0.450. The van der Waals surface area contributed by atoms with Crippen LogP contribution < -0.4 is 5.32 Å². The summed E-state index contributed by atoms with van der Waals surface area (Å²) in [4.78, 5) is 5.72. The molecule has 0 radical (unpaired) electrons. The number of rotatable bonds is 7. The third-order valence-corrected chi connectivity index (χ3v) is 3.45. The van der Waals surface area contributed by atoms with Crippen molar-refractivity contribution in [1.29, 1.82) is 0 Å². The third-order valence-electron chi connectivity index (χ3n) is 2.31. The quantitative estimate of drug-likeness (QED) is 0.777. The first-order valence-corrected chi connectivity index (χ1v) is 6.23. The molecule has 86 valence electrons. The van der Waals surface area contributed by atoms with E-state index in [1.807, 2.05) is 6.20 Å². The van der Waals surface area contributed by atoms with E-state index in [1.165, 1.54) is 9.88 Å². The van der Waals surface area contributed by atoms with E-state index >= 15 is 0 Å². The Balaban J connectivity index is 2.24. The predicted octanol–water partition coefficient (Wildman–Crippen LogP) is 2.22. The molecule has 0 aromatic carbocycles. The van der Waals surface area contributed by atoms with Crippen LogP contribution in [0.2, 0.25) is 0 Å². The van der Waals surface area contributed by atoms with Gasteiger partial charge in [-0.05, 0) is 19.8 Å². The first-order valence-electron chi connectivity index (χ1n) is 5.42. The normalized spacial score (nSPS) is 13.0. The monoisotopic (exact) mass is 228 g/mol. The molecule has 1 rings (SSSR count). The van der Waals surface area contributed by atoms with Crippen LogP contribution in [0.25, 0.3) is 0 Å². The lowest BCUT2D eigenvalue weighted by molar-refractivity contribution is 0.184. The number of aryl methyl sites for hydroxylation is 1. The van der Waals surface area contributed by atoms with Gasteiger partial charge in [-0.15, -0.1) is 11.3 Å².